The maximum atomic E-state index is 13.8. The maximum Gasteiger partial charge on any atom is 0.255 e. The molecule has 3 N–H and O–H groups in total. The van der Waals surface area contributed by atoms with Crippen LogP contribution in [0.5, 0.6) is 0 Å². The Morgan fingerprint density at radius 3 is 3.04 bits per heavy atom. The van der Waals surface area contributed by atoms with E-state index in [2.05, 4.69) is 20.6 Å². The molecule has 0 aliphatic heterocycles. The van der Waals surface area contributed by atoms with Gasteiger partial charge in [0.25, 0.3) is 5.91 Å². The number of nitrogens with zero attached hydrogens (tertiary/aromatic N) is 1. The molecule has 3 aromatic rings. The van der Waals surface area contributed by atoms with E-state index in [1.54, 1.807) is 37.6 Å². The number of carbonyl (C=O) groups excluding carboxylic acids is 1. The Bertz CT molecular complexity index is 893. The fourth-order valence-corrected chi connectivity index (χ4v) is 2.82. The molecule has 0 saturated heterocycles. The molecule has 0 spiro atoms. The number of hydrogen-bond acceptors (Lipinski definition) is 3. The molecule has 0 radical (unpaired) electrons. The summed E-state index contributed by atoms with van der Waals surface area (Å²) in [7, 11) is 1.71. The average molecular weight is 347 g/mol. The fraction of sp³-hybridized carbons (Fsp3) is 0.176. The van der Waals surface area contributed by atoms with Crippen molar-refractivity contribution in [3.8, 4) is 0 Å². The Hall–Kier alpha value is -2.60. The number of amides is 1. The van der Waals surface area contributed by atoms with Crippen LogP contribution in [0.4, 0.5) is 10.2 Å². The average Bonchev–Trinajstić information content (AvgIpc) is 2.98. The van der Waals surface area contributed by atoms with E-state index in [-0.39, 0.29) is 11.7 Å². The monoisotopic (exact) mass is 346 g/mol. The molecule has 0 fully saturated rings. The summed E-state index contributed by atoms with van der Waals surface area (Å²) in [4.78, 5) is 19.3. The molecule has 0 saturated carbocycles. The lowest BCUT2D eigenvalue weighted by Gasteiger charge is -2.08. The number of pyridine rings is 1. The topological polar surface area (TPSA) is 69.8 Å². The van der Waals surface area contributed by atoms with Crippen molar-refractivity contribution in [2.75, 3.05) is 18.9 Å². The van der Waals surface area contributed by atoms with E-state index in [9.17, 15) is 9.18 Å². The Kier molecular flexibility index (Phi) is 4.66. The van der Waals surface area contributed by atoms with Gasteiger partial charge in [0.1, 0.15) is 11.6 Å². The molecule has 0 atom stereocenters. The summed E-state index contributed by atoms with van der Waals surface area (Å²) in [6.45, 7) is 0.415. The Balaban J connectivity index is 1.70. The van der Waals surface area contributed by atoms with Gasteiger partial charge in [0.15, 0.2) is 0 Å². The largest absolute Gasteiger partial charge is 0.372 e. The smallest absolute Gasteiger partial charge is 0.255 e. The van der Waals surface area contributed by atoms with Gasteiger partial charge in [0.2, 0.25) is 0 Å². The summed E-state index contributed by atoms with van der Waals surface area (Å²) in [5, 5.41) is 6.80. The van der Waals surface area contributed by atoms with Crippen LogP contribution in [0.2, 0.25) is 5.02 Å². The van der Waals surface area contributed by atoms with E-state index in [1.807, 2.05) is 0 Å². The number of rotatable bonds is 5. The van der Waals surface area contributed by atoms with Crippen LogP contribution >= 0.6 is 11.6 Å². The van der Waals surface area contributed by atoms with Gasteiger partial charge in [-0.3, -0.25) is 4.79 Å². The molecule has 0 aliphatic rings. The van der Waals surface area contributed by atoms with Crippen LogP contribution in [0.25, 0.3) is 10.9 Å². The predicted molar refractivity (Wildman–Crippen MR) is 93.1 cm³/mol. The normalized spacial score (nSPS) is 10.8. The van der Waals surface area contributed by atoms with Gasteiger partial charge in [-0.25, -0.2) is 9.37 Å². The van der Waals surface area contributed by atoms with Crippen LogP contribution in [0.3, 0.4) is 0 Å². The lowest BCUT2D eigenvalue weighted by molar-refractivity contribution is 0.0954. The summed E-state index contributed by atoms with van der Waals surface area (Å²) in [5.41, 5.74) is 1.80. The maximum absolute atomic E-state index is 13.8. The molecule has 0 bridgehead atoms. The first-order valence-corrected chi connectivity index (χ1v) is 7.84. The predicted octanol–water partition coefficient (Wildman–Crippen LogP) is 3.37. The lowest BCUT2D eigenvalue weighted by atomic mass is 10.1. The van der Waals surface area contributed by atoms with E-state index in [0.717, 1.165) is 10.9 Å². The minimum atomic E-state index is -0.387. The third kappa shape index (κ3) is 3.19. The van der Waals surface area contributed by atoms with E-state index in [0.29, 0.717) is 34.9 Å². The van der Waals surface area contributed by atoms with E-state index >= 15 is 0 Å². The van der Waals surface area contributed by atoms with Crippen molar-refractivity contribution >= 4 is 34.2 Å². The zero-order valence-electron chi connectivity index (χ0n) is 13.0. The van der Waals surface area contributed by atoms with Crippen molar-refractivity contribution in [2.45, 2.75) is 6.42 Å². The van der Waals surface area contributed by atoms with Crippen LogP contribution in [0, 0.1) is 5.82 Å². The van der Waals surface area contributed by atoms with Crippen molar-refractivity contribution in [1.82, 2.24) is 15.3 Å². The fourth-order valence-electron chi connectivity index (χ4n) is 2.61. The van der Waals surface area contributed by atoms with Gasteiger partial charge in [-0.15, -0.1) is 0 Å². The Morgan fingerprint density at radius 1 is 1.42 bits per heavy atom. The van der Waals surface area contributed by atoms with Crippen molar-refractivity contribution in [1.29, 1.82) is 0 Å². The van der Waals surface area contributed by atoms with Crippen LogP contribution in [0.15, 0.2) is 36.7 Å². The molecule has 0 unspecified atom stereocenters. The molecule has 3 rings (SSSR count). The molecule has 0 aliphatic carbocycles. The van der Waals surface area contributed by atoms with Crippen molar-refractivity contribution in [3.63, 3.8) is 0 Å². The number of anilines is 1. The summed E-state index contributed by atoms with van der Waals surface area (Å²) in [6.07, 6.45) is 3.91. The van der Waals surface area contributed by atoms with Crippen LogP contribution < -0.4 is 10.6 Å². The number of hydrogen-bond donors (Lipinski definition) is 3. The van der Waals surface area contributed by atoms with Crippen molar-refractivity contribution in [3.05, 3.63) is 58.6 Å². The third-order valence-electron chi connectivity index (χ3n) is 3.76. The highest BCUT2D eigenvalue weighted by Crippen LogP contribution is 2.25. The number of benzene rings is 1. The van der Waals surface area contributed by atoms with Gasteiger partial charge in [0.05, 0.1) is 11.1 Å². The minimum Gasteiger partial charge on any atom is -0.372 e. The number of aromatic amines is 1. The highest BCUT2D eigenvalue weighted by Gasteiger charge is 2.12. The number of aromatic nitrogens is 2. The first-order valence-electron chi connectivity index (χ1n) is 7.46. The minimum absolute atomic E-state index is 0.212. The third-order valence-corrected chi connectivity index (χ3v) is 3.98. The van der Waals surface area contributed by atoms with Gasteiger partial charge in [-0.1, -0.05) is 11.6 Å². The molecular formula is C17H16ClFN4O. The molecule has 2 aromatic heterocycles. The van der Waals surface area contributed by atoms with Crippen LogP contribution in [0.1, 0.15) is 15.9 Å². The van der Waals surface area contributed by atoms with Gasteiger partial charge in [0, 0.05) is 36.4 Å². The van der Waals surface area contributed by atoms with Gasteiger partial charge < -0.3 is 15.6 Å². The molecule has 124 valence electrons. The quantitative estimate of drug-likeness (QED) is 0.663. The van der Waals surface area contributed by atoms with E-state index in [4.69, 9.17) is 11.6 Å². The second-order valence-electron chi connectivity index (χ2n) is 5.28. The first-order chi connectivity index (χ1) is 11.6. The molecular weight excluding hydrogens is 331 g/mol. The number of nitrogens with one attached hydrogen (secondary N) is 3. The van der Waals surface area contributed by atoms with Gasteiger partial charge in [-0.2, -0.15) is 0 Å². The zero-order chi connectivity index (χ0) is 17.1. The van der Waals surface area contributed by atoms with Crippen molar-refractivity contribution in [2.24, 2.45) is 0 Å². The molecule has 1 amide bonds. The Labute approximate surface area is 143 Å². The molecule has 24 heavy (non-hydrogen) atoms. The van der Waals surface area contributed by atoms with Crippen LogP contribution in [-0.4, -0.2) is 29.5 Å². The highest BCUT2D eigenvalue weighted by atomic mass is 35.5. The number of fused-ring (bicyclic) bond motifs is 1. The summed E-state index contributed by atoms with van der Waals surface area (Å²) >= 11 is 5.91. The van der Waals surface area contributed by atoms with Gasteiger partial charge >= 0.3 is 0 Å². The number of H-pyrrole nitrogens is 1. The molecule has 1 aromatic carbocycles. The molecule has 7 heteroatoms. The summed E-state index contributed by atoms with van der Waals surface area (Å²) in [5.74, 6) is -0.0748. The lowest BCUT2D eigenvalue weighted by Crippen LogP contribution is -2.26. The second kappa shape index (κ2) is 6.88. The summed E-state index contributed by atoms with van der Waals surface area (Å²) < 4.78 is 13.8. The second-order valence-corrected chi connectivity index (χ2v) is 5.72. The van der Waals surface area contributed by atoms with E-state index in [1.165, 1.54) is 6.07 Å². The van der Waals surface area contributed by atoms with Crippen LogP contribution in [-0.2, 0) is 6.42 Å². The standard InChI is InChI=1S/C17H16ClFN4O/c1-20-16-12(3-2-5-21-16)17(24)22-6-4-10-9-23-15-13(10)7-11(18)8-14(15)19/h2-3,5,7-9,23H,4,6H2,1H3,(H,20,21)(H,22,24). The van der Waals surface area contributed by atoms with Gasteiger partial charge in [-0.05, 0) is 36.2 Å². The zero-order valence-corrected chi connectivity index (χ0v) is 13.7. The molecule has 2 heterocycles. The first kappa shape index (κ1) is 16.3. The number of carbonyl (C=O) groups is 1. The molecule has 5 nitrogen and oxygen atoms in total. The van der Waals surface area contributed by atoms with E-state index < -0.39 is 0 Å². The highest BCUT2D eigenvalue weighted by molar-refractivity contribution is 6.31. The Morgan fingerprint density at radius 2 is 2.25 bits per heavy atom. The van der Waals surface area contributed by atoms with Crippen molar-refractivity contribution < 1.29 is 9.18 Å². The number of halogens is 2. The summed E-state index contributed by atoms with van der Waals surface area (Å²) in [6, 6.07) is 6.40. The SMILES string of the molecule is CNc1ncccc1C(=O)NCCc1c[nH]c2c(F)cc(Cl)cc12.